The molecule has 3 nitrogen and oxygen atoms in total. The van der Waals surface area contributed by atoms with Gasteiger partial charge in [0.25, 0.3) is 0 Å². The van der Waals surface area contributed by atoms with Gasteiger partial charge in [0.1, 0.15) is 23.2 Å². The van der Waals surface area contributed by atoms with Crippen LogP contribution in [0.5, 0.6) is 0 Å². The standard InChI is InChI=1S/C15H12ClFN2O/c16-12-6-5-10(17)8-11(12)15(19-18)14-7-9-3-1-2-4-13(9)20-14/h1-8,15,19H,18H2. The molecule has 0 saturated heterocycles. The summed E-state index contributed by atoms with van der Waals surface area (Å²) >= 11 is 6.11. The molecule has 0 amide bonds. The number of hydrogen-bond acceptors (Lipinski definition) is 3. The number of hydrazine groups is 1. The van der Waals surface area contributed by atoms with Crippen molar-refractivity contribution in [2.45, 2.75) is 6.04 Å². The second-order valence-electron chi connectivity index (χ2n) is 4.45. The van der Waals surface area contributed by atoms with Gasteiger partial charge in [0, 0.05) is 10.4 Å². The number of nitrogens with two attached hydrogens (primary N) is 1. The van der Waals surface area contributed by atoms with E-state index in [4.69, 9.17) is 21.9 Å². The predicted molar refractivity (Wildman–Crippen MR) is 76.8 cm³/mol. The zero-order valence-electron chi connectivity index (χ0n) is 10.4. The first-order valence-electron chi connectivity index (χ1n) is 6.08. The summed E-state index contributed by atoms with van der Waals surface area (Å²) in [6.07, 6.45) is 0. The van der Waals surface area contributed by atoms with Crippen molar-refractivity contribution in [3.63, 3.8) is 0 Å². The largest absolute Gasteiger partial charge is 0.459 e. The van der Waals surface area contributed by atoms with E-state index in [-0.39, 0.29) is 5.82 Å². The number of nitrogens with one attached hydrogen (secondary N) is 1. The fourth-order valence-electron chi connectivity index (χ4n) is 2.21. The summed E-state index contributed by atoms with van der Waals surface area (Å²) in [6.45, 7) is 0. The predicted octanol–water partition coefficient (Wildman–Crippen LogP) is 3.78. The summed E-state index contributed by atoms with van der Waals surface area (Å²) in [5, 5.41) is 1.38. The van der Waals surface area contributed by atoms with E-state index >= 15 is 0 Å². The Balaban J connectivity index is 2.11. The molecule has 1 heterocycles. The Hall–Kier alpha value is -1.88. The summed E-state index contributed by atoms with van der Waals surface area (Å²) in [6, 6.07) is 13.1. The lowest BCUT2D eigenvalue weighted by Gasteiger charge is -2.15. The van der Waals surface area contributed by atoms with Crippen LogP contribution in [0.2, 0.25) is 5.02 Å². The average Bonchev–Trinajstić information content (AvgIpc) is 2.87. The molecule has 20 heavy (non-hydrogen) atoms. The van der Waals surface area contributed by atoms with Crippen LogP contribution in [0.3, 0.4) is 0 Å². The normalized spacial score (nSPS) is 12.8. The Morgan fingerprint density at radius 2 is 1.95 bits per heavy atom. The molecule has 1 unspecified atom stereocenters. The molecule has 3 N–H and O–H groups in total. The van der Waals surface area contributed by atoms with Crippen LogP contribution in [0.25, 0.3) is 11.0 Å². The highest BCUT2D eigenvalue weighted by Crippen LogP contribution is 2.31. The molecule has 1 aromatic heterocycles. The van der Waals surface area contributed by atoms with Gasteiger partial charge in [-0.3, -0.25) is 5.84 Å². The van der Waals surface area contributed by atoms with Gasteiger partial charge in [-0.2, -0.15) is 0 Å². The van der Waals surface area contributed by atoms with Crippen molar-refractivity contribution in [1.29, 1.82) is 0 Å². The Morgan fingerprint density at radius 1 is 1.15 bits per heavy atom. The Bertz CT molecular complexity index is 723. The summed E-state index contributed by atoms with van der Waals surface area (Å²) in [5.74, 6) is 5.80. The minimum Gasteiger partial charge on any atom is -0.459 e. The van der Waals surface area contributed by atoms with Gasteiger partial charge < -0.3 is 4.42 Å². The molecule has 1 atom stereocenters. The van der Waals surface area contributed by atoms with Crippen LogP contribution in [0.1, 0.15) is 17.4 Å². The maximum Gasteiger partial charge on any atom is 0.134 e. The van der Waals surface area contributed by atoms with Crippen LogP contribution in [-0.2, 0) is 0 Å². The van der Waals surface area contributed by atoms with Gasteiger partial charge >= 0.3 is 0 Å². The molecule has 0 aliphatic carbocycles. The number of para-hydroxylation sites is 1. The van der Waals surface area contributed by atoms with Crippen molar-refractivity contribution in [2.24, 2.45) is 5.84 Å². The lowest BCUT2D eigenvalue weighted by molar-refractivity contribution is 0.475. The quantitative estimate of drug-likeness (QED) is 0.570. The maximum absolute atomic E-state index is 13.4. The topological polar surface area (TPSA) is 51.2 Å². The van der Waals surface area contributed by atoms with Crippen LogP contribution >= 0.6 is 11.6 Å². The number of hydrogen-bond donors (Lipinski definition) is 2. The highest BCUT2D eigenvalue weighted by molar-refractivity contribution is 6.31. The molecular weight excluding hydrogens is 279 g/mol. The molecule has 102 valence electrons. The summed E-state index contributed by atoms with van der Waals surface area (Å²) in [4.78, 5) is 0. The van der Waals surface area contributed by atoms with Crippen molar-refractivity contribution in [1.82, 2.24) is 5.43 Å². The van der Waals surface area contributed by atoms with E-state index in [0.29, 0.717) is 16.3 Å². The molecule has 0 spiro atoms. The van der Waals surface area contributed by atoms with E-state index in [9.17, 15) is 4.39 Å². The Kier molecular flexibility index (Phi) is 3.44. The summed E-state index contributed by atoms with van der Waals surface area (Å²) < 4.78 is 19.2. The fraction of sp³-hybridized carbons (Fsp3) is 0.0667. The molecule has 5 heteroatoms. The van der Waals surface area contributed by atoms with Gasteiger partial charge in [-0.1, -0.05) is 29.8 Å². The molecule has 3 rings (SSSR count). The Labute approximate surface area is 120 Å². The SMILES string of the molecule is NNC(c1cc2ccccc2o1)c1cc(F)ccc1Cl. The first-order valence-corrected chi connectivity index (χ1v) is 6.46. The molecule has 0 saturated carbocycles. The molecular formula is C15H12ClFN2O. The van der Waals surface area contributed by atoms with Crippen molar-refractivity contribution in [3.8, 4) is 0 Å². The third kappa shape index (κ3) is 2.29. The van der Waals surface area contributed by atoms with Crippen molar-refractivity contribution in [2.75, 3.05) is 0 Å². The number of furan rings is 1. The number of benzene rings is 2. The van der Waals surface area contributed by atoms with Crippen LogP contribution in [0.15, 0.2) is 52.9 Å². The van der Waals surface area contributed by atoms with Crippen LogP contribution in [-0.4, -0.2) is 0 Å². The third-order valence-electron chi connectivity index (χ3n) is 3.16. The smallest absolute Gasteiger partial charge is 0.134 e. The molecule has 0 aliphatic rings. The van der Waals surface area contributed by atoms with Gasteiger partial charge in [-0.05, 0) is 35.9 Å². The van der Waals surface area contributed by atoms with E-state index in [2.05, 4.69) is 5.43 Å². The fourth-order valence-corrected chi connectivity index (χ4v) is 2.43. The van der Waals surface area contributed by atoms with Crippen LogP contribution in [0, 0.1) is 5.82 Å². The monoisotopic (exact) mass is 290 g/mol. The van der Waals surface area contributed by atoms with E-state index in [1.807, 2.05) is 30.3 Å². The van der Waals surface area contributed by atoms with Crippen molar-refractivity contribution >= 4 is 22.6 Å². The van der Waals surface area contributed by atoms with Crippen LogP contribution < -0.4 is 11.3 Å². The number of rotatable bonds is 3. The Morgan fingerprint density at radius 3 is 2.70 bits per heavy atom. The van der Waals surface area contributed by atoms with E-state index in [1.54, 1.807) is 0 Å². The van der Waals surface area contributed by atoms with Gasteiger partial charge in [-0.25, -0.2) is 9.82 Å². The molecule has 0 radical (unpaired) electrons. The van der Waals surface area contributed by atoms with E-state index < -0.39 is 6.04 Å². The maximum atomic E-state index is 13.4. The van der Waals surface area contributed by atoms with Crippen molar-refractivity contribution < 1.29 is 8.81 Å². The number of fused-ring (bicyclic) bond motifs is 1. The molecule has 3 aromatic rings. The highest BCUT2D eigenvalue weighted by atomic mass is 35.5. The second kappa shape index (κ2) is 5.25. The summed E-state index contributed by atoms with van der Waals surface area (Å²) in [5.41, 5.74) is 3.90. The molecule has 0 bridgehead atoms. The highest BCUT2D eigenvalue weighted by Gasteiger charge is 2.20. The first kappa shape index (κ1) is 13.1. The second-order valence-corrected chi connectivity index (χ2v) is 4.86. The lowest BCUT2D eigenvalue weighted by atomic mass is 10.0. The van der Waals surface area contributed by atoms with E-state index in [1.165, 1.54) is 18.2 Å². The number of halogens is 2. The zero-order valence-corrected chi connectivity index (χ0v) is 11.2. The summed E-state index contributed by atoms with van der Waals surface area (Å²) in [7, 11) is 0. The van der Waals surface area contributed by atoms with Gasteiger partial charge in [0.05, 0.1) is 0 Å². The van der Waals surface area contributed by atoms with Gasteiger partial charge in [-0.15, -0.1) is 0 Å². The molecule has 0 aliphatic heterocycles. The average molecular weight is 291 g/mol. The lowest BCUT2D eigenvalue weighted by Crippen LogP contribution is -2.28. The minimum atomic E-state index is -0.509. The third-order valence-corrected chi connectivity index (χ3v) is 3.51. The van der Waals surface area contributed by atoms with Gasteiger partial charge in [0.2, 0.25) is 0 Å². The minimum absolute atomic E-state index is 0.374. The van der Waals surface area contributed by atoms with Crippen LogP contribution in [0.4, 0.5) is 4.39 Å². The van der Waals surface area contributed by atoms with Gasteiger partial charge in [0.15, 0.2) is 0 Å². The zero-order chi connectivity index (χ0) is 14.1. The first-order chi connectivity index (χ1) is 9.69. The molecule has 0 fully saturated rings. The van der Waals surface area contributed by atoms with E-state index in [0.717, 1.165) is 11.0 Å². The van der Waals surface area contributed by atoms with Crippen molar-refractivity contribution in [3.05, 3.63) is 70.7 Å². The molecule has 2 aromatic carbocycles.